The molecule has 0 saturated carbocycles. The summed E-state index contributed by atoms with van der Waals surface area (Å²) in [7, 11) is 0. The molecular weight excluding hydrogens is 276 g/mol. The average Bonchev–Trinajstić information content (AvgIpc) is 1.97. The van der Waals surface area contributed by atoms with E-state index in [0.717, 1.165) is 0 Å². The van der Waals surface area contributed by atoms with E-state index < -0.39 is 19.8 Å². The van der Waals surface area contributed by atoms with Gasteiger partial charge in [0.2, 0.25) is 0 Å². The Bertz CT molecular complexity index is 141. The van der Waals surface area contributed by atoms with Gasteiger partial charge >= 0.3 is 87.4 Å². The van der Waals surface area contributed by atoms with Crippen LogP contribution in [0.25, 0.3) is 0 Å². The number of hydrogen-bond donors (Lipinski definition) is 0. The van der Waals surface area contributed by atoms with E-state index in [4.69, 9.17) is 11.6 Å². The molecule has 0 aromatic carbocycles. The molecule has 0 amide bonds. The third kappa shape index (κ3) is 2.29. The van der Waals surface area contributed by atoms with E-state index in [-0.39, 0.29) is 0 Å². The number of nitrogens with zero attached hydrogens (tertiary/aromatic N) is 1. The summed E-state index contributed by atoms with van der Waals surface area (Å²) in [5.74, 6) is 0. The van der Waals surface area contributed by atoms with Gasteiger partial charge in [0.1, 0.15) is 0 Å². The minimum absolute atomic E-state index is 0.393. The Labute approximate surface area is 87.2 Å². The molecule has 0 aromatic heterocycles. The second kappa shape index (κ2) is 4.52. The van der Waals surface area contributed by atoms with Crippen molar-refractivity contribution < 1.29 is 0 Å². The number of hydrogen-bond acceptors (Lipinski definition) is 1. The van der Waals surface area contributed by atoms with Gasteiger partial charge in [0.05, 0.1) is 0 Å². The first-order valence-electron chi connectivity index (χ1n) is 5.24. The van der Waals surface area contributed by atoms with Gasteiger partial charge in [-0.25, -0.2) is 0 Å². The van der Waals surface area contributed by atoms with Crippen molar-refractivity contribution in [3.63, 3.8) is 0 Å². The van der Waals surface area contributed by atoms with E-state index in [1.807, 2.05) is 0 Å². The van der Waals surface area contributed by atoms with Crippen molar-refractivity contribution in [3.8, 4) is 0 Å². The molecule has 3 heteroatoms. The quantitative estimate of drug-likeness (QED) is 0.376. The van der Waals surface area contributed by atoms with E-state index in [1.54, 1.807) is 13.3 Å². The van der Waals surface area contributed by atoms with Crippen molar-refractivity contribution in [3.05, 3.63) is 0 Å². The molecule has 3 rings (SSSR count). The molecule has 0 aliphatic carbocycles. The van der Waals surface area contributed by atoms with Crippen molar-refractivity contribution in [2.75, 3.05) is 13.1 Å². The second-order valence-electron chi connectivity index (χ2n) is 4.20. The van der Waals surface area contributed by atoms with Crippen molar-refractivity contribution >= 4 is 31.4 Å². The van der Waals surface area contributed by atoms with Gasteiger partial charge in [0, 0.05) is 0 Å². The van der Waals surface area contributed by atoms with Gasteiger partial charge in [-0.05, 0) is 0 Å². The molecule has 1 nitrogen and oxygen atoms in total. The number of alkyl halides is 1. The van der Waals surface area contributed by atoms with Crippen LogP contribution in [0.15, 0.2) is 0 Å². The van der Waals surface area contributed by atoms with Gasteiger partial charge in [-0.2, -0.15) is 0 Å². The average molecular weight is 294 g/mol. The van der Waals surface area contributed by atoms with Crippen LogP contribution in [0.1, 0.15) is 19.3 Å². The van der Waals surface area contributed by atoms with Gasteiger partial charge < -0.3 is 0 Å². The predicted octanol–water partition coefficient (Wildman–Crippen LogP) is 2.28. The van der Waals surface area contributed by atoms with E-state index in [2.05, 4.69) is 4.90 Å². The number of halogens is 1. The molecule has 12 heavy (non-hydrogen) atoms. The molecule has 2 bridgehead atoms. The Balaban J connectivity index is 2.02. The standard InChI is InChI=1S/C9H17ClN.Sn.H/c1-4-7-11(8-5-2)9(10)6-3;;/h9H,1-8H2;;. The fourth-order valence-electron chi connectivity index (χ4n) is 2.55. The summed E-state index contributed by atoms with van der Waals surface area (Å²) in [6, 6.07) is 0. The van der Waals surface area contributed by atoms with Gasteiger partial charge in [0.25, 0.3) is 0 Å². The first-order chi connectivity index (χ1) is 5.86. The van der Waals surface area contributed by atoms with Gasteiger partial charge in [-0.15, -0.1) is 0 Å². The van der Waals surface area contributed by atoms with Crippen molar-refractivity contribution in [2.45, 2.75) is 38.1 Å². The first-order valence-corrected chi connectivity index (χ1v) is 12.7. The summed E-state index contributed by atoms with van der Waals surface area (Å²) in [6.07, 6.45) is 4.23. The third-order valence-electron chi connectivity index (χ3n) is 3.32. The zero-order valence-corrected chi connectivity index (χ0v) is 11.7. The Morgan fingerprint density at radius 1 is 1.08 bits per heavy atom. The second-order valence-corrected chi connectivity index (χ2v) is 14.6. The van der Waals surface area contributed by atoms with E-state index in [9.17, 15) is 0 Å². The fourth-order valence-corrected chi connectivity index (χ4v) is 12.5. The Morgan fingerprint density at radius 2 is 1.75 bits per heavy atom. The van der Waals surface area contributed by atoms with Crippen LogP contribution in [-0.4, -0.2) is 43.3 Å². The maximum atomic E-state index is 6.32. The van der Waals surface area contributed by atoms with Crippen LogP contribution in [0, 0.1) is 0 Å². The summed E-state index contributed by atoms with van der Waals surface area (Å²) in [4.78, 5) is 2.50. The van der Waals surface area contributed by atoms with E-state index >= 15 is 0 Å². The summed E-state index contributed by atoms with van der Waals surface area (Å²) in [5.41, 5.74) is 0.393. The predicted molar refractivity (Wildman–Crippen MR) is 56.6 cm³/mol. The molecule has 1 unspecified atom stereocenters. The number of rotatable bonds is 0. The SMILES string of the molecule is ClC1C[CH2][SnH]2[CH2]CCN1CC[CH2]2. The molecule has 3 aliphatic heterocycles. The summed E-state index contributed by atoms with van der Waals surface area (Å²) < 4.78 is 4.88. The van der Waals surface area contributed by atoms with Gasteiger partial charge in [-0.3, -0.25) is 0 Å². The molecule has 0 aromatic rings. The molecule has 0 N–H and O–H groups in total. The zero-order valence-electron chi connectivity index (χ0n) is 7.64. The van der Waals surface area contributed by atoms with Crippen molar-refractivity contribution in [2.24, 2.45) is 0 Å². The molecule has 3 heterocycles. The molecule has 3 aliphatic rings. The van der Waals surface area contributed by atoms with Gasteiger partial charge in [0.15, 0.2) is 0 Å². The maximum absolute atomic E-state index is 6.32. The fraction of sp³-hybridized carbons (Fsp3) is 1.00. The van der Waals surface area contributed by atoms with Crippen LogP contribution in [0.3, 0.4) is 0 Å². The summed E-state index contributed by atoms with van der Waals surface area (Å²) in [5, 5.41) is 0. The van der Waals surface area contributed by atoms with Crippen molar-refractivity contribution in [1.82, 2.24) is 4.90 Å². The Kier molecular flexibility index (Phi) is 3.61. The number of fused-ring (bicyclic) bond motifs is 6. The molecule has 70 valence electrons. The first kappa shape index (κ1) is 9.60. The molecule has 3 fully saturated rings. The molecule has 3 saturated heterocycles. The van der Waals surface area contributed by atoms with Crippen LogP contribution < -0.4 is 0 Å². The molecule has 0 spiro atoms. The van der Waals surface area contributed by atoms with E-state index in [1.165, 1.54) is 32.4 Å². The molecule has 0 radical (unpaired) electrons. The third-order valence-corrected chi connectivity index (χ3v) is 14.1. The monoisotopic (exact) mass is 295 g/mol. The minimum atomic E-state index is -0.981. The summed E-state index contributed by atoms with van der Waals surface area (Å²) in [6.45, 7) is 2.59. The van der Waals surface area contributed by atoms with Crippen molar-refractivity contribution in [1.29, 1.82) is 0 Å². The molecule has 1 atom stereocenters. The van der Waals surface area contributed by atoms with Crippen LogP contribution in [0.5, 0.6) is 0 Å². The van der Waals surface area contributed by atoms with Crippen LogP contribution in [0.4, 0.5) is 0 Å². The van der Waals surface area contributed by atoms with Crippen LogP contribution in [0.2, 0.25) is 13.3 Å². The molecular formula is C9H18ClNSn. The van der Waals surface area contributed by atoms with E-state index in [0.29, 0.717) is 5.50 Å². The zero-order chi connectivity index (χ0) is 8.39. The Morgan fingerprint density at radius 3 is 2.42 bits per heavy atom. The Hall–Kier alpha value is 1.05. The topological polar surface area (TPSA) is 3.24 Å². The van der Waals surface area contributed by atoms with Crippen LogP contribution in [-0.2, 0) is 0 Å². The van der Waals surface area contributed by atoms with Crippen LogP contribution >= 0.6 is 11.6 Å². The normalized spacial score (nSPS) is 43.2. The van der Waals surface area contributed by atoms with Gasteiger partial charge in [-0.1, -0.05) is 0 Å². The summed E-state index contributed by atoms with van der Waals surface area (Å²) >= 11 is 5.34.